The second kappa shape index (κ2) is 7.28. The Kier molecular flexibility index (Phi) is 4.84. The van der Waals surface area contributed by atoms with Gasteiger partial charge in [0.15, 0.2) is 5.75 Å². The van der Waals surface area contributed by atoms with Crippen molar-refractivity contribution in [3.8, 4) is 11.5 Å². The molecule has 27 heavy (non-hydrogen) atoms. The third-order valence-electron chi connectivity index (χ3n) is 4.88. The molecule has 144 valence electrons. The van der Waals surface area contributed by atoms with Gasteiger partial charge in [0.1, 0.15) is 17.3 Å². The number of piperazine rings is 1. The van der Waals surface area contributed by atoms with Crippen LogP contribution in [0.4, 0.5) is 11.4 Å². The lowest BCUT2D eigenvalue weighted by atomic mass is 10.2. The van der Waals surface area contributed by atoms with Crippen molar-refractivity contribution < 1.29 is 17.9 Å². The quantitative estimate of drug-likeness (QED) is 0.858. The summed E-state index contributed by atoms with van der Waals surface area (Å²) in [6, 6.07) is 12.4. The van der Waals surface area contributed by atoms with Gasteiger partial charge in [0.2, 0.25) is 0 Å². The minimum atomic E-state index is -3.77. The molecule has 1 fully saturated rings. The highest BCUT2D eigenvalue weighted by atomic mass is 32.2. The van der Waals surface area contributed by atoms with E-state index in [2.05, 4.69) is 10.2 Å². The molecule has 1 saturated heterocycles. The highest BCUT2D eigenvalue weighted by Crippen LogP contribution is 2.43. The van der Waals surface area contributed by atoms with Gasteiger partial charge in [-0.05, 0) is 24.3 Å². The number of para-hydroxylation sites is 2. The Bertz CT molecular complexity index is 926. The SMILES string of the molecule is COc1ccccc1S(=O)(=O)N1CCOc2c(N3CCNCC3)cccc21. The Hall–Kier alpha value is -2.45. The molecule has 8 heteroatoms. The average molecular weight is 389 g/mol. The van der Waals surface area contributed by atoms with E-state index < -0.39 is 10.0 Å². The van der Waals surface area contributed by atoms with Gasteiger partial charge in [0.25, 0.3) is 10.0 Å². The van der Waals surface area contributed by atoms with E-state index in [4.69, 9.17) is 9.47 Å². The van der Waals surface area contributed by atoms with Gasteiger partial charge in [-0.15, -0.1) is 0 Å². The van der Waals surface area contributed by atoms with Crippen molar-refractivity contribution in [1.29, 1.82) is 0 Å². The summed E-state index contributed by atoms with van der Waals surface area (Å²) in [6.45, 7) is 4.08. The summed E-state index contributed by atoms with van der Waals surface area (Å²) < 4.78 is 39.4. The van der Waals surface area contributed by atoms with E-state index >= 15 is 0 Å². The molecular formula is C19H23N3O4S. The zero-order valence-corrected chi connectivity index (χ0v) is 16.0. The number of ether oxygens (including phenoxy) is 2. The molecule has 2 aliphatic rings. The van der Waals surface area contributed by atoms with Gasteiger partial charge in [-0.25, -0.2) is 8.42 Å². The molecule has 2 aromatic rings. The fourth-order valence-electron chi connectivity index (χ4n) is 3.56. The molecule has 2 heterocycles. The van der Waals surface area contributed by atoms with Gasteiger partial charge in [0, 0.05) is 26.2 Å². The molecular weight excluding hydrogens is 366 g/mol. The molecule has 0 saturated carbocycles. The molecule has 0 atom stereocenters. The van der Waals surface area contributed by atoms with Crippen LogP contribution in [-0.2, 0) is 10.0 Å². The van der Waals surface area contributed by atoms with Crippen molar-refractivity contribution in [2.24, 2.45) is 0 Å². The highest BCUT2D eigenvalue weighted by molar-refractivity contribution is 7.93. The van der Waals surface area contributed by atoms with Gasteiger partial charge in [-0.2, -0.15) is 0 Å². The molecule has 2 aromatic carbocycles. The molecule has 4 rings (SSSR count). The minimum absolute atomic E-state index is 0.160. The van der Waals surface area contributed by atoms with Crippen LogP contribution < -0.4 is 24.0 Å². The van der Waals surface area contributed by atoms with Crippen molar-refractivity contribution in [2.45, 2.75) is 4.90 Å². The van der Waals surface area contributed by atoms with Crippen molar-refractivity contribution in [3.05, 3.63) is 42.5 Å². The fraction of sp³-hybridized carbons (Fsp3) is 0.368. The maximum absolute atomic E-state index is 13.4. The zero-order valence-electron chi connectivity index (χ0n) is 15.2. The number of nitrogens with one attached hydrogen (secondary N) is 1. The van der Waals surface area contributed by atoms with Gasteiger partial charge in [-0.1, -0.05) is 18.2 Å². The third-order valence-corrected chi connectivity index (χ3v) is 6.73. The molecule has 1 N–H and O–H groups in total. The first-order valence-electron chi connectivity index (χ1n) is 9.00. The molecule has 0 spiro atoms. The maximum Gasteiger partial charge on any atom is 0.268 e. The number of hydrogen-bond acceptors (Lipinski definition) is 6. The van der Waals surface area contributed by atoms with Gasteiger partial charge < -0.3 is 19.7 Å². The van der Waals surface area contributed by atoms with Gasteiger partial charge >= 0.3 is 0 Å². The molecule has 0 bridgehead atoms. The second-order valence-corrected chi connectivity index (χ2v) is 8.27. The standard InChI is InChI=1S/C19H23N3O4S/c1-25-17-7-2-3-8-18(17)27(23,24)22-13-14-26-19-15(5-4-6-16(19)22)21-11-9-20-10-12-21/h2-8,20H,9-14H2,1H3. The van der Waals surface area contributed by atoms with E-state index in [0.29, 0.717) is 23.8 Å². The number of anilines is 2. The predicted molar refractivity (Wildman–Crippen MR) is 105 cm³/mol. The lowest BCUT2D eigenvalue weighted by Crippen LogP contribution is -2.44. The first-order chi connectivity index (χ1) is 13.1. The summed E-state index contributed by atoms with van der Waals surface area (Å²) in [6.07, 6.45) is 0. The first kappa shape index (κ1) is 17.9. The van der Waals surface area contributed by atoms with Crippen LogP contribution in [0.1, 0.15) is 0 Å². The smallest absolute Gasteiger partial charge is 0.268 e. The maximum atomic E-state index is 13.4. The highest BCUT2D eigenvalue weighted by Gasteiger charge is 2.34. The zero-order chi connectivity index (χ0) is 18.9. The van der Waals surface area contributed by atoms with Crippen LogP contribution in [0.25, 0.3) is 0 Å². The van der Waals surface area contributed by atoms with Crippen molar-refractivity contribution >= 4 is 21.4 Å². The van der Waals surface area contributed by atoms with Crippen LogP contribution in [0.3, 0.4) is 0 Å². The Labute approximate surface area is 159 Å². The fourth-order valence-corrected chi connectivity index (χ4v) is 5.17. The Morgan fingerprint density at radius 2 is 1.74 bits per heavy atom. The van der Waals surface area contributed by atoms with Crippen LogP contribution in [0, 0.1) is 0 Å². The Balaban J connectivity index is 1.77. The van der Waals surface area contributed by atoms with E-state index in [0.717, 1.165) is 31.9 Å². The van der Waals surface area contributed by atoms with Gasteiger partial charge in [-0.3, -0.25) is 4.31 Å². The molecule has 0 aliphatic carbocycles. The van der Waals surface area contributed by atoms with E-state index in [9.17, 15) is 8.42 Å². The largest absolute Gasteiger partial charge is 0.495 e. The van der Waals surface area contributed by atoms with Crippen LogP contribution in [0.15, 0.2) is 47.4 Å². The second-order valence-electron chi connectivity index (χ2n) is 6.44. The van der Waals surface area contributed by atoms with Gasteiger partial charge in [0.05, 0.1) is 25.0 Å². The molecule has 7 nitrogen and oxygen atoms in total. The van der Waals surface area contributed by atoms with Crippen molar-refractivity contribution in [3.63, 3.8) is 0 Å². The number of fused-ring (bicyclic) bond motifs is 1. The monoisotopic (exact) mass is 389 g/mol. The first-order valence-corrected chi connectivity index (χ1v) is 10.4. The number of hydrogen-bond donors (Lipinski definition) is 1. The van der Waals surface area contributed by atoms with Crippen molar-refractivity contribution in [1.82, 2.24) is 5.32 Å². The molecule has 0 amide bonds. The van der Waals surface area contributed by atoms with Crippen LogP contribution in [-0.4, -0.2) is 54.9 Å². The van der Waals surface area contributed by atoms with Crippen LogP contribution in [0.5, 0.6) is 11.5 Å². The number of methoxy groups -OCH3 is 1. The molecule has 0 unspecified atom stereocenters. The van der Waals surface area contributed by atoms with E-state index in [1.807, 2.05) is 12.1 Å². The van der Waals surface area contributed by atoms with Crippen LogP contribution in [0.2, 0.25) is 0 Å². The summed E-state index contributed by atoms with van der Waals surface area (Å²) in [7, 11) is -2.29. The predicted octanol–water partition coefficient (Wildman–Crippen LogP) is 1.69. The van der Waals surface area contributed by atoms with E-state index in [1.165, 1.54) is 11.4 Å². The van der Waals surface area contributed by atoms with Crippen molar-refractivity contribution in [2.75, 3.05) is 55.6 Å². The lowest BCUT2D eigenvalue weighted by Gasteiger charge is -2.36. The summed E-state index contributed by atoms with van der Waals surface area (Å²) >= 11 is 0. The number of nitrogens with zero attached hydrogens (tertiary/aromatic N) is 2. The summed E-state index contributed by atoms with van der Waals surface area (Å²) in [5.41, 5.74) is 1.51. The normalized spacial score (nSPS) is 17.2. The topological polar surface area (TPSA) is 71.1 Å². The molecule has 2 aliphatic heterocycles. The average Bonchev–Trinajstić information content (AvgIpc) is 2.73. The molecule has 0 aromatic heterocycles. The Morgan fingerprint density at radius 1 is 1.00 bits per heavy atom. The summed E-state index contributed by atoms with van der Waals surface area (Å²) in [5, 5.41) is 3.33. The van der Waals surface area contributed by atoms with Crippen LogP contribution >= 0.6 is 0 Å². The Morgan fingerprint density at radius 3 is 2.52 bits per heavy atom. The summed E-state index contributed by atoms with van der Waals surface area (Å²) in [5.74, 6) is 0.966. The molecule has 0 radical (unpaired) electrons. The number of benzene rings is 2. The van der Waals surface area contributed by atoms with E-state index in [1.54, 1.807) is 30.3 Å². The summed E-state index contributed by atoms with van der Waals surface area (Å²) in [4.78, 5) is 2.39. The lowest BCUT2D eigenvalue weighted by molar-refractivity contribution is 0.315. The number of sulfonamides is 1. The number of rotatable bonds is 4. The third kappa shape index (κ3) is 3.19. The minimum Gasteiger partial charge on any atom is -0.495 e. The van der Waals surface area contributed by atoms with E-state index in [-0.39, 0.29) is 11.4 Å².